The molecule has 2 nitrogen and oxygen atoms in total. The van der Waals surface area contributed by atoms with E-state index < -0.39 is 0 Å². The van der Waals surface area contributed by atoms with Crippen LogP contribution in [0.4, 0.5) is 0 Å². The largest absolute Gasteiger partial charge is 0.497 e. The first-order valence-electron chi connectivity index (χ1n) is 13.8. The predicted octanol–water partition coefficient (Wildman–Crippen LogP) is 11.7. The molecule has 3 rings (SSSR count). The molecule has 0 aromatic carbocycles. The van der Waals surface area contributed by atoms with Crippen molar-refractivity contribution >= 4 is 54.5 Å². The third kappa shape index (κ3) is 9.96. The zero-order valence-corrected chi connectivity index (χ0v) is 26.7. The monoisotopic (exact) mass is 656 g/mol. The van der Waals surface area contributed by atoms with E-state index >= 15 is 0 Å². The Balaban J connectivity index is 1.70. The molecule has 2 aromatic rings. The fourth-order valence-corrected chi connectivity index (χ4v) is 7.56. The second-order valence-corrected chi connectivity index (χ2v) is 14.6. The summed E-state index contributed by atoms with van der Waals surface area (Å²) >= 11 is 10.9. The minimum atomic E-state index is 0.112. The molecule has 1 aliphatic carbocycles. The number of rotatable bonds is 18. The molecule has 6 heteroatoms. The average Bonchev–Trinajstić information content (AvgIpc) is 3.51. The maximum atomic E-state index is 6.50. The number of hydrogen-bond donors (Lipinski definition) is 0. The van der Waals surface area contributed by atoms with Gasteiger partial charge < -0.3 is 9.47 Å². The summed E-state index contributed by atoms with van der Waals surface area (Å²) in [5.74, 6) is 2.36. The molecule has 2 unspecified atom stereocenters. The van der Waals surface area contributed by atoms with Gasteiger partial charge in [0.2, 0.25) is 0 Å². The van der Waals surface area contributed by atoms with Crippen LogP contribution in [0.3, 0.4) is 0 Å². The molecule has 0 saturated carbocycles. The van der Waals surface area contributed by atoms with E-state index in [-0.39, 0.29) is 11.8 Å². The lowest BCUT2D eigenvalue weighted by Crippen LogP contribution is -2.15. The van der Waals surface area contributed by atoms with Gasteiger partial charge in [0.25, 0.3) is 0 Å². The standard InChI is InChI=1S/C30H42Br2O2S2/c1-3-5-7-9-11-13-19-33-25-21-24(28-16-18-30(32)36-28)26(34-20-14-12-10-8-6-4-2)22-23(25)27-15-17-29(31)35-27/h15-18,21-24H,3-14,19-20H2,1-2H3. The highest BCUT2D eigenvalue weighted by Gasteiger charge is 2.30. The maximum Gasteiger partial charge on any atom is 0.105 e. The Morgan fingerprint density at radius 1 is 0.583 bits per heavy atom. The molecule has 0 radical (unpaired) electrons. The van der Waals surface area contributed by atoms with E-state index in [4.69, 9.17) is 9.47 Å². The van der Waals surface area contributed by atoms with Crippen LogP contribution in [0.1, 0.15) is 112 Å². The van der Waals surface area contributed by atoms with Crippen molar-refractivity contribution in [1.29, 1.82) is 0 Å². The van der Waals surface area contributed by atoms with Crippen LogP contribution >= 0.6 is 54.5 Å². The van der Waals surface area contributed by atoms with Crippen molar-refractivity contribution < 1.29 is 9.47 Å². The van der Waals surface area contributed by atoms with Gasteiger partial charge in [0.05, 0.1) is 32.6 Å². The minimum Gasteiger partial charge on any atom is -0.497 e. The fourth-order valence-electron chi connectivity index (χ4n) is 4.56. The Morgan fingerprint density at radius 2 is 0.972 bits per heavy atom. The number of ether oxygens (including phenoxy) is 2. The van der Waals surface area contributed by atoms with Crippen LogP contribution in [0, 0.1) is 0 Å². The van der Waals surface area contributed by atoms with Gasteiger partial charge in [0, 0.05) is 9.75 Å². The van der Waals surface area contributed by atoms with Gasteiger partial charge in [-0.3, -0.25) is 0 Å². The van der Waals surface area contributed by atoms with Crippen molar-refractivity contribution in [3.05, 3.63) is 65.3 Å². The summed E-state index contributed by atoms with van der Waals surface area (Å²) in [4.78, 5) is 2.59. The van der Waals surface area contributed by atoms with Crippen LogP contribution in [0.2, 0.25) is 0 Å². The zero-order valence-electron chi connectivity index (χ0n) is 21.9. The molecular weight excluding hydrogens is 616 g/mol. The van der Waals surface area contributed by atoms with Crippen LogP contribution in [0.25, 0.3) is 0 Å². The molecule has 0 aliphatic heterocycles. The molecule has 0 spiro atoms. The molecule has 0 N–H and O–H groups in total. The Kier molecular flexibility index (Phi) is 14.3. The van der Waals surface area contributed by atoms with Crippen LogP contribution in [0.15, 0.2) is 55.5 Å². The van der Waals surface area contributed by atoms with Crippen molar-refractivity contribution in [2.45, 2.75) is 103 Å². The Hall–Kier alpha value is -0.560. The molecule has 1 aliphatic rings. The highest BCUT2D eigenvalue weighted by Crippen LogP contribution is 2.44. The lowest BCUT2D eigenvalue weighted by atomic mass is 9.90. The highest BCUT2D eigenvalue weighted by molar-refractivity contribution is 9.11. The molecule has 2 atom stereocenters. The van der Waals surface area contributed by atoms with Gasteiger partial charge in [0.15, 0.2) is 0 Å². The van der Waals surface area contributed by atoms with Gasteiger partial charge in [-0.05, 0) is 81.1 Å². The zero-order chi connectivity index (χ0) is 25.6. The van der Waals surface area contributed by atoms with Gasteiger partial charge in [-0.15, -0.1) is 22.7 Å². The van der Waals surface area contributed by atoms with E-state index in [2.05, 4.69) is 82.1 Å². The number of halogens is 2. The van der Waals surface area contributed by atoms with Crippen LogP contribution in [-0.4, -0.2) is 13.2 Å². The predicted molar refractivity (Wildman–Crippen MR) is 164 cm³/mol. The van der Waals surface area contributed by atoms with Gasteiger partial charge >= 0.3 is 0 Å². The van der Waals surface area contributed by atoms with Crippen molar-refractivity contribution in [2.24, 2.45) is 0 Å². The first kappa shape index (κ1) is 30.0. The summed E-state index contributed by atoms with van der Waals surface area (Å²) in [7, 11) is 0. The molecule has 2 aromatic heterocycles. The summed E-state index contributed by atoms with van der Waals surface area (Å²) in [5.41, 5.74) is 0. The Morgan fingerprint density at radius 3 is 1.33 bits per heavy atom. The SMILES string of the molecule is CCCCCCCCOC1=CC(c2ccc(Br)s2)C(OCCCCCCCC)=CC1c1ccc(Br)s1. The number of unbranched alkanes of at least 4 members (excludes halogenated alkanes) is 10. The fraction of sp³-hybridized carbons (Fsp3) is 0.600. The van der Waals surface area contributed by atoms with E-state index in [0.717, 1.165) is 45.1 Å². The molecule has 0 saturated heterocycles. The molecule has 200 valence electrons. The molecular formula is C30H42Br2O2S2. The summed E-state index contributed by atoms with van der Waals surface area (Å²) < 4.78 is 15.3. The van der Waals surface area contributed by atoms with Crippen LogP contribution in [0.5, 0.6) is 0 Å². The molecule has 0 amide bonds. The molecule has 36 heavy (non-hydrogen) atoms. The first-order chi connectivity index (χ1) is 17.6. The summed E-state index contributed by atoms with van der Waals surface area (Å²) in [5, 5.41) is 0. The Labute approximate surface area is 243 Å². The van der Waals surface area contributed by atoms with Crippen molar-refractivity contribution in [3.63, 3.8) is 0 Å². The highest BCUT2D eigenvalue weighted by atomic mass is 79.9. The summed E-state index contributed by atoms with van der Waals surface area (Å²) in [6.07, 6.45) is 19.9. The van der Waals surface area contributed by atoms with Gasteiger partial charge in [0.1, 0.15) is 11.5 Å². The van der Waals surface area contributed by atoms with E-state index in [1.54, 1.807) is 22.7 Å². The summed E-state index contributed by atoms with van der Waals surface area (Å²) in [6, 6.07) is 8.70. The molecule has 0 fully saturated rings. The Bertz CT molecular complexity index is 870. The lowest BCUT2D eigenvalue weighted by Gasteiger charge is -2.28. The minimum absolute atomic E-state index is 0.112. The van der Waals surface area contributed by atoms with E-state index in [9.17, 15) is 0 Å². The normalized spacial score (nSPS) is 17.7. The maximum absolute atomic E-state index is 6.50. The number of allylic oxidation sites excluding steroid dienone is 2. The van der Waals surface area contributed by atoms with Gasteiger partial charge in [-0.1, -0.05) is 78.1 Å². The van der Waals surface area contributed by atoms with Gasteiger partial charge in [-0.2, -0.15) is 0 Å². The van der Waals surface area contributed by atoms with E-state index in [0.29, 0.717) is 0 Å². The number of hydrogen-bond acceptors (Lipinski definition) is 4. The third-order valence-corrected chi connectivity index (χ3v) is 10.0. The summed E-state index contributed by atoms with van der Waals surface area (Å²) in [6.45, 7) is 6.10. The van der Waals surface area contributed by atoms with Crippen molar-refractivity contribution in [2.75, 3.05) is 13.2 Å². The quantitative estimate of drug-likeness (QED) is 0.148. The topological polar surface area (TPSA) is 18.5 Å². The second-order valence-electron chi connectivity index (χ2n) is 9.61. The second kappa shape index (κ2) is 17.1. The average molecular weight is 659 g/mol. The van der Waals surface area contributed by atoms with E-state index in [1.165, 1.54) is 74.0 Å². The van der Waals surface area contributed by atoms with Crippen molar-refractivity contribution in [1.82, 2.24) is 0 Å². The smallest absolute Gasteiger partial charge is 0.105 e. The first-order valence-corrected chi connectivity index (χ1v) is 17.0. The number of thiophene rings is 2. The van der Waals surface area contributed by atoms with Crippen molar-refractivity contribution in [3.8, 4) is 0 Å². The molecule has 0 bridgehead atoms. The van der Waals surface area contributed by atoms with Gasteiger partial charge in [-0.25, -0.2) is 0 Å². The molecule has 2 heterocycles. The lowest BCUT2D eigenvalue weighted by molar-refractivity contribution is 0.169. The van der Waals surface area contributed by atoms with Crippen LogP contribution < -0.4 is 0 Å². The van der Waals surface area contributed by atoms with Crippen LogP contribution in [-0.2, 0) is 9.47 Å². The third-order valence-electron chi connectivity index (χ3n) is 6.61. The van der Waals surface area contributed by atoms with E-state index in [1.807, 2.05) is 0 Å².